The Morgan fingerprint density at radius 3 is 0.633 bits per heavy atom. The van der Waals surface area contributed by atoms with Gasteiger partial charge in [0.2, 0.25) is 10.4 Å². The minimum atomic E-state index is -4.92. The maximum absolute atomic E-state index is 8.74. The quantitative estimate of drug-likeness (QED) is 0.0255. The van der Waals surface area contributed by atoms with Gasteiger partial charge in [-0.15, -0.1) is 0 Å². The molecule has 0 bridgehead atoms. The lowest BCUT2D eigenvalue weighted by molar-refractivity contribution is -0.890. The molecule has 0 fully saturated rings. The topological polar surface area (TPSA) is 152 Å². The Morgan fingerprint density at radius 2 is 0.490 bits per heavy atom. The number of nitrogens with zero attached hydrogens (tertiary/aromatic N) is 1. The molecular weight excluding hydrogens is 663 g/mol. The molecule has 0 unspecified atom stereocenters. The maximum atomic E-state index is 8.74. The molecule has 0 aromatic carbocycles. The molecule has 0 saturated carbocycles. The lowest BCUT2D eigenvalue weighted by Crippen LogP contribution is -2.41. The van der Waals surface area contributed by atoms with Crippen LogP contribution in [0, 0.1) is 0 Å². The van der Waals surface area contributed by atoms with Crippen LogP contribution in [0.5, 0.6) is 0 Å². The number of hydrogen-bond acceptors (Lipinski definition) is 5. The summed E-state index contributed by atoms with van der Waals surface area (Å²) in [6.45, 7) is 7.39. The Bertz CT molecular complexity index is 768. The summed E-state index contributed by atoms with van der Waals surface area (Å²) in [5.74, 6) is 0. The third-order valence-electron chi connectivity index (χ3n) is 9.23. The fraction of sp³-hybridized carbons (Fsp3) is 1.00. The van der Waals surface area contributed by atoms with Gasteiger partial charge in [0.1, 0.15) is 0 Å². The molecule has 0 aliphatic heterocycles. The smallest absolute Gasteiger partial charge is 0.394 e. The van der Waals surface area contributed by atoms with Crippen LogP contribution in [0.15, 0.2) is 0 Å². The Hall–Kier alpha value is -0.300. The highest BCUT2D eigenvalue weighted by molar-refractivity contribution is 7.80. The van der Waals surface area contributed by atoms with Gasteiger partial charge in [-0.25, -0.2) is 8.42 Å². The Labute approximate surface area is 305 Å². The molecule has 49 heavy (non-hydrogen) atoms. The van der Waals surface area contributed by atoms with Gasteiger partial charge in [0.25, 0.3) is 0 Å². The predicted octanol–water partition coefficient (Wildman–Crippen LogP) is 11.9. The summed E-state index contributed by atoms with van der Waals surface area (Å²) < 4.78 is 65.7. The molecule has 0 atom stereocenters. The van der Waals surface area contributed by atoms with Crippen molar-refractivity contribution in [2.24, 2.45) is 0 Å². The van der Waals surface area contributed by atoms with Gasteiger partial charge in [-0.1, -0.05) is 194 Å². The molecule has 0 aromatic rings. The second-order valence-electron chi connectivity index (χ2n) is 14.9. The molecule has 11 heteroatoms. The first-order valence-corrected chi connectivity index (χ1v) is 23.1. The molecule has 300 valence electrons. The Kier molecular flexibility index (Phi) is 42.1. The minimum Gasteiger partial charge on any atom is -0.726 e. The minimum absolute atomic E-state index is 1.25. The zero-order valence-electron chi connectivity index (χ0n) is 32.7. The maximum Gasteiger partial charge on any atom is 0.394 e. The lowest BCUT2D eigenvalue weighted by atomic mass is 10.0. The van der Waals surface area contributed by atoms with Gasteiger partial charge in [0.05, 0.1) is 27.2 Å². The van der Waals surface area contributed by atoms with Gasteiger partial charge in [0, 0.05) is 0 Å². The fourth-order valence-corrected chi connectivity index (χ4v) is 6.29. The average molecular weight is 746 g/mol. The standard InChI is InChI=1S/C38H80N.2H2O4S/c1-5-7-9-11-13-15-17-19-21-23-25-27-29-31-33-35-37-39(3,4)38-36-34-32-30-28-26-24-22-20-18-16-14-12-10-8-6-2;2*1-5(2,3)4/h5-38H2,1-4H3;2*(H2,1,2,3,4)/q+1;;/p-1. The van der Waals surface area contributed by atoms with Crippen molar-refractivity contribution >= 4 is 20.8 Å². The second-order valence-corrected chi connectivity index (χ2v) is 16.6. The molecule has 0 rings (SSSR count). The van der Waals surface area contributed by atoms with Gasteiger partial charge < -0.3 is 9.04 Å². The van der Waals surface area contributed by atoms with Gasteiger partial charge >= 0.3 is 10.4 Å². The van der Waals surface area contributed by atoms with Crippen LogP contribution in [0.1, 0.15) is 219 Å². The Balaban J connectivity index is -0.00000183. The number of quaternary nitrogens is 1. The van der Waals surface area contributed by atoms with Crippen LogP contribution in [0.2, 0.25) is 0 Å². The van der Waals surface area contributed by atoms with Crippen molar-refractivity contribution in [3.63, 3.8) is 0 Å². The van der Waals surface area contributed by atoms with Gasteiger partial charge in [-0.05, 0) is 25.7 Å². The van der Waals surface area contributed by atoms with Crippen LogP contribution in [0.4, 0.5) is 0 Å². The van der Waals surface area contributed by atoms with Crippen LogP contribution < -0.4 is 0 Å². The fourth-order valence-electron chi connectivity index (χ4n) is 6.29. The van der Waals surface area contributed by atoms with Crippen LogP contribution in [-0.4, -0.2) is 66.7 Å². The first-order valence-electron chi connectivity index (χ1n) is 20.3. The van der Waals surface area contributed by atoms with Crippen LogP contribution >= 0.6 is 0 Å². The highest BCUT2D eigenvalue weighted by atomic mass is 32.3. The van der Waals surface area contributed by atoms with Crippen molar-refractivity contribution < 1.29 is 39.5 Å². The van der Waals surface area contributed by atoms with Crippen LogP contribution in [0.3, 0.4) is 0 Å². The van der Waals surface area contributed by atoms with Crippen molar-refractivity contribution in [2.75, 3.05) is 27.2 Å². The largest absolute Gasteiger partial charge is 0.726 e. The van der Waals surface area contributed by atoms with Crippen molar-refractivity contribution in [3.8, 4) is 0 Å². The van der Waals surface area contributed by atoms with E-state index in [9.17, 15) is 0 Å². The molecule has 0 spiro atoms. The summed E-state index contributed by atoms with van der Waals surface area (Å²) in [4.78, 5) is 0. The first-order chi connectivity index (χ1) is 23.1. The number of unbranched alkanes of at least 4 members (excludes halogenated alkanes) is 30. The van der Waals surface area contributed by atoms with Crippen molar-refractivity contribution in [1.82, 2.24) is 0 Å². The zero-order valence-corrected chi connectivity index (χ0v) is 34.3. The lowest BCUT2D eigenvalue weighted by Gasteiger charge is -2.30. The van der Waals surface area contributed by atoms with E-state index in [1.54, 1.807) is 0 Å². The molecule has 0 amide bonds. The average Bonchev–Trinajstić information content (AvgIpc) is 2.99. The molecule has 0 aliphatic carbocycles. The van der Waals surface area contributed by atoms with Crippen molar-refractivity contribution in [2.45, 2.75) is 219 Å². The summed E-state index contributed by atoms with van der Waals surface area (Å²) in [7, 11) is -4.65. The molecule has 9 nitrogen and oxygen atoms in total. The van der Waals surface area contributed by atoms with E-state index in [0.717, 1.165) is 0 Å². The monoisotopic (exact) mass is 746 g/mol. The third-order valence-corrected chi connectivity index (χ3v) is 9.23. The van der Waals surface area contributed by atoms with E-state index in [-0.39, 0.29) is 0 Å². The van der Waals surface area contributed by atoms with Crippen molar-refractivity contribution in [1.29, 1.82) is 0 Å². The van der Waals surface area contributed by atoms with E-state index in [1.165, 1.54) is 223 Å². The highest BCUT2D eigenvalue weighted by Gasteiger charge is 2.13. The summed E-state index contributed by atoms with van der Waals surface area (Å²) >= 11 is 0. The molecule has 0 heterocycles. The summed E-state index contributed by atoms with van der Waals surface area (Å²) in [5, 5.41) is 0. The van der Waals surface area contributed by atoms with Crippen LogP contribution in [0.25, 0.3) is 0 Å². The predicted molar refractivity (Wildman–Crippen MR) is 207 cm³/mol. The summed E-state index contributed by atoms with van der Waals surface area (Å²) in [5.41, 5.74) is 0. The number of rotatable bonds is 34. The van der Waals surface area contributed by atoms with Gasteiger partial charge in [-0.2, -0.15) is 8.42 Å². The zero-order chi connectivity index (χ0) is 37.5. The van der Waals surface area contributed by atoms with Gasteiger partial charge in [0.15, 0.2) is 0 Å². The third kappa shape index (κ3) is 70.1. The number of hydrogen-bond donors (Lipinski definition) is 3. The normalized spacial score (nSPS) is 11.9. The van der Waals surface area contributed by atoms with Crippen LogP contribution in [-0.2, 0) is 20.8 Å². The molecule has 0 saturated heterocycles. The molecule has 0 aliphatic rings. The van der Waals surface area contributed by atoms with Crippen molar-refractivity contribution in [3.05, 3.63) is 0 Å². The van der Waals surface area contributed by atoms with E-state index in [4.69, 9.17) is 35.0 Å². The van der Waals surface area contributed by atoms with E-state index >= 15 is 0 Å². The SMILES string of the molecule is CCCCCCCCCCCCCCCCCC[N+](C)(C)CCCCCCCCCCCCCCCCCC.O=S(=O)(O)O.O=S(=O)([O-])O. The van der Waals surface area contributed by atoms with E-state index in [1.807, 2.05) is 0 Å². The van der Waals surface area contributed by atoms with Gasteiger partial charge in [-0.3, -0.25) is 13.7 Å². The Morgan fingerprint density at radius 1 is 0.367 bits per heavy atom. The highest BCUT2D eigenvalue weighted by Crippen LogP contribution is 2.16. The van der Waals surface area contributed by atoms with E-state index in [0.29, 0.717) is 0 Å². The summed E-state index contributed by atoms with van der Waals surface area (Å²) in [6, 6.07) is 0. The van der Waals surface area contributed by atoms with E-state index in [2.05, 4.69) is 27.9 Å². The first kappa shape index (κ1) is 53.1. The second kappa shape index (κ2) is 38.9. The molecule has 0 aromatic heterocycles. The molecule has 0 radical (unpaired) electrons. The molecular formula is C38H83NO8S2. The summed E-state index contributed by atoms with van der Waals surface area (Å²) in [6.07, 6.45) is 46.9. The molecule has 3 N–H and O–H groups in total. The van der Waals surface area contributed by atoms with E-state index < -0.39 is 20.8 Å².